The second-order valence-electron chi connectivity index (χ2n) is 5.58. The lowest BCUT2D eigenvalue weighted by Gasteiger charge is -2.27. The molecule has 2 atom stereocenters. The molecule has 8 heteroatoms. The summed E-state index contributed by atoms with van der Waals surface area (Å²) in [6.45, 7) is 6.60. The number of hydrogen-bond acceptors (Lipinski definition) is 2. The maximum Gasteiger partial charge on any atom is 0.416 e. The lowest BCUT2D eigenvalue weighted by Crippen LogP contribution is -2.40. The van der Waals surface area contributed by atoms with Gasteiger partial charge in [-0.25, -0.2) is 4.39 Å². The number of alkyl halides is 3. The summed E-state index contributed by atoms with van der Waals surface area (Å²) < 4.78 is 66.0. The van der Waals surface area contributed by atoms with Crippen molar-refractivity contribution in [1.82, 2.24) is 4.72 Å². The molecule has 0 aliphatic heterocycles. The zero-order valence-corrected chi connectivity index (χ0v) is 14.3. The van der Waals surface area contributed by atoms with Gasteiger partial charge in [0.05, 0.1) is 16.1 Å². The van der Waals surface area contributed by atoms with Gasteiger partial charge in [0.15, 0.2) is 0 Å². The van der Waals surface area contributed by atoms with Crippen LogP contribution in [-0.2, 0) is 17.5 Å². The molecule has 0 fully saturated rings. The van der Waals surface area contributed by atoms with Crippen LogP contribution in [0.25, 0.3) is 0 Å². The maximum atomic E-state index is 14.0. The molecule has 0 aromatic heterocycles. The largest absolute Gasteiger partial charge is 0.598 e. The van der Waals surface area contributed by atoms with Crippen LogP contribution in [0.4, 0.5) is 17.6 Å². The third-order valence-electron chi connectivity index (χ3n) is 2.69. The van der Waals surface area contributed by atoms with Gasteiger partial charge < -0.3 is 4.55 Å². The summed E-state index contributed by atoms with van der Waals surface area (Å²) in [7, 11) is 0. The number of hydrogen-bond donors (Lipinski definition) is 1. The Morgan fingerprint density at radius 2 is 1.76 bits per heavy atom. The Morgan fingerprint density at radius 3 is 2.19 bits per heavy atom. The fraction of sp³-hybridized carbons (Fsp3) is 0.538. The number of rotatable bonds is 3. The average molecular weight is 390 g/mol. The topological polar surface area (TPSA) is 35.1 Å². The molecule has 1 aromatic rings. The van der Waals surface area contributed by atoms with E-state index in [0.717, 1.165) is 6.07 Å². The van der Waals surface area contributed by atoms with Crippen LogP contribution in [0.3, 0.4) is 0 Å². The van der Waals surface area contributed by atoms with Crippen LogP contribution in [0.1, 0.15) is 44.9 Å². The van der Waals surface area contributed by atoms with Crippen molar-refractivity contribution in [3.8, 4) is 0 Å². The van der Waals surface area contributed by atoms with Crippen molar-refractivity contribution >= 4 is 27.3 Å². The van der Waals surface area contributed by atoms with Crippen LogP contribution in [0.5, 0.6) is 0 Å². The molecule has 1 rings (SSSR count). The molecule has 0 saturated carbocycles. The second kappa shape index (κ2) is 6.44. The molecule has 0 radical (unpaired) electrons. The van der Waals surface area contributed by atoms with Crippen LogP contribution in [0, 0.1) is 5.82 Å². The minimum atomic E-state index is -4.58. The third kappa shape index (κ3) is 4.84. The lowest BCUT2D eigenvalue weighted by molar-refractivity contribution is -0.137. The highest BCUT2D eigenvalue weighted by Gasteiger charge is 2.34. The normalized spacial score (nSPS) is 15.9. The molecule has 0 bridgehead atoms. The maximum absolute atomic E-state index is 14.0. The van der Waals surface area contributed by atoms with E-state index in [1.807, 2.05) is 0 Å². The van der Waals surface area contributed by atoms with Crippen LogP contribution in [-0.4, -0.2) is 9.30 Å². The molecular formula is C13H16BrF4NOS. The molecule has 0 amide bonds. The molecule has 0 spiro atoms. The third-order valence-corrected chi connectivity index (χ3v) is 4.95. The molecule has 0 aliphatic rings. The average Bonchev–Trinajstić information content (AvgIpc) is 2.29. The molecule has 2 nitrogen and oxygen atoms in total. The lowest BCUT2D eigenvalue weighted by atomic mass is 10.0. The summed E-state index contributed by atoms with van der Waals surface area (Å²) in [5.41, 5.74) is -1.14. The highest BCUT2D eigenvalue weighted by Crippen LogP contribution is 2.35. The van der Waals surface area contributed by atoms with E-state index in [1.165, 1.54) is 6.92 Å². The quantitative estimate of drug-likeness (QED) is 0.599. The molecule has 120 valence electrons. The zero-order chi connectivity index (χ0) is 16.6. The van der Waals surface area contributed by atoms with Gasteiger partial charge >= 0.3 is 6.18 Å². The van der Waals surface area contributed by atoms with Crippen LogP contribution >= 0.6 is 15.9 Å². The number of nitrogens with one attached hydrogen (secondary N) is 1. The summed E-state index contributed by atoms with van der Waals surface area (Å²) in [6, 6.07) is 0.591. The first-order chi connectivity index (χ1) is 9.34. The van der Waals surface area contributed by atoms with Crippen molar-refractivity contribution in [2.75, 3.05) is 0 Å². The van der Waals surface area contributed by atoms with Crippen LogP contribution in [0.2, 0.25) is 0 Å². The molecule has 0 saturated heterocycles. The molecular weight excluding hydrogens is 374 g/mol. The second-order valence-corrected chi connectivity index (χ2v) is 8.43. The Morgan fingerprint density at radius 1 is 1.24 bits per heavy atom. The smallest absolute Gasteiger partial charge is 0.416 e. The predicted molar refractivity (Wildman–Crippen MR) is 78.5 cm³/mol. The van der Waals surface area contributed by atoms with Gasteiger partial charge in [0.1, 0.15) is 10.6 Å². The van der Waals surface area contributed by atoms with Crippen molar-refractivity contribution in [3.05, 3.63) is 33.5 Å². The summed E-state index contributed by atoms with van der Waals surface area (Å²) in [5.74, 6) is -0.797. The molecule has 21 heavy (non-hydrogen) atoms. The van der Waals surface area contributed by atoms with Crippen LogP contribution in [0.15, 0.2) is 16.6 Å². The highest BCUT2D eigenvalue weighted by molar-refractivity contribution is 9.10. The minimum absolute atomic E-state index is 0.186. The van der Waals surface area contributed by atoms with Crippen molar-refractivity contribution in [2.24, 2.45) is 0 Å². The predicted octanol–water partition coefficient (Wildman–Crippen LogP) is 4.72. The molecule has 1 aromatic carbocycles. The Hall–Kier alpha value is -0.310. The Kier molecular flexibility index (Phi) is 5.74. The van der Waals surface area contributed by atoms with Gasteiger partial charge in [-0.05, 0) is 55.8 Å². The summed E-state index contributed by atoms with van der Waals surface area (Å²) in [6.07, 6.45) is -4.58. The van der Waals surface area contributed by atoms with Gasteiger partial charge in [-0.15, -0.1) is 4.72 Å². The standard InChI is InChI=1S/C13H16BrF4NOS/c1-7(19-21(20)12(2,3)4)9-5-8(13(16,17)18)6-10(14)11(9)15/h5-7,19H,1-4H3/t7-,21?/m1/s1. The minimum Gasteiger partial charge on any atom is -0.598 e. The van der Waals surface area contributed by atoms with E-state index in [2.05, 4.69) is 20.7 Å². The van der Waals surface area contributed by atoms with Crippen LogP contribution < -0.4 is 4.72 Å². The Balaban J connectivity index is 3.15. The number of benzene rings is 1. The first kappa shape index (κ1) is 18.7. The van der Waals surface area contributed by atoms with Gasteiger partial charge in [-0.2, -0.15) is 13.2 Å². The van der Waals surface area contributed by atoms with Crippen molar-refractivity contribution in [3.63, 3.8) is 0 Å². The Bertz CT molecular complexity index is 516. The van der Waals surface area contributed by atoms with E-state index >= 15 is 0 Å². The van der Waals surface area contributed by atoms with Crippen molar-refractivity contribution in [2.45, 2.75) is 44.7 Å². The fourth-order valence-electron chi connectivity index (χ4n) is 1.49. The van der Waals surface area contributed by atoms with E-state index in [4.69, 9.17) is 0 Å². The Labute approximate surface area is 132 Å². The van der Waals surface area contributed by atoms with Gasteiger partial charge in [0.2, 0.25) is 0 Å². The summed E-state index contributed by atoms with van der Waals surface area (Å²) in [5, 5.41) is 0. The molecule has 1 N–H and O–H groups in total. The summed E-state index contributed by atoms with van der Waals surface area (Å²) >= 11 is 1.26. The molecule has 0 aliphatic carbocycles. The van der Waals surface area contributed by atoms with Crippen molar-refractivity contribution in [1.29, 1.82) is 0 Å². The van der Waals surface area contributed by atoms with Gasteiger partial charge in [-0.1, -0.05) is 0 Å². The van der Waals surface area contributed by atoms with E-state index in [-0.39, 0.29) is 10.0 Å². The van der Waals surface area contributed by atoms with E-state index in [9.17, 15) is 22.1 Å². The van der Waals surface area contributed by atoms with Gasteiger partial charge in [0, 0.05) is 16.9 Å². The number of halogens is 5. The highest BCUT2D eigenvalue weighted by atomic mass is 79.9. The monoisotopic (exact) mass is 389 g/mol. The first-order valence-corrected chi connectivity index (χ1v) is 8.02. The summed E-state index contributed by atoms with van der Waals surface area (Å²) in [4.78, 5) is 0. The zero-order valence-electron chi connectivity index (χ0n) is 11.9. The SMILES string of the molecule is C[C@@H](N[S+]([O-])C(C)(C)C)c1cc(C(F)(F)F)cc(Br)c1F. The van der Waals surface area contributed by atoms with E-state index < -0.39 is 39.7 Å². The van der Waals surface area contributed by atoms with Gasteiger partial charge in [-0.3, -0.25) is 0 Å². The van der Waals surface area contributed by atoms with E-state index in [1.54, 1.807) is 20.8 Å². The fourth-order valence-corrected chi connectivity index (χ4v) is 2.77. The molecule has 1 unspecified atom stereocenters. The van der Waals surface area contributed by atoms with Crippen molar-refractivity contribution < 1.29 is 22.1 Å². The molecule has 0 heterocycles. The van der Waals surface area contributed by atoms with E-state index in [0.29, 0.717) is 6.07 Å². The first-order valence-electron chi connectivity index (χ1n) is 6.08. The van der Waals surface area contributed by atoms with Gasteiger partial charge in [0.25, 0.3) is 0 Å².